The van der Waals surface area contributed by atoms with Gasteiger partial charge in [0.1, 0.15) is 12.4 Å². The number of carboxylic acids is 1. The number of aliphatic carboxylic acids is 1. The molecule has 2 N–H and O–H groups in total. The Kier molecular flexibility index (Phi) is 4.35. The molecule has 20 heavy (non-hydrogen) atoms. The first kappa shape index (κ1) is 14.5. The summed E-state index contributed by atoms with van der Waals surface area (Å²) in [5.74, 6) is -1.36. The normalized spacial score (nSPS) is 10.8. The Morgan fingerprint density at radius 3 is 2.85 bits per heavy atom. The van der Waals surface area contributed by atoms with Crippen LogP contribution in [0.1, 0.15) is 11.4 Å². The van der Waals surface area contributed by atoms with Gasteiger partial charge in [-0.1, -0.05) is 17.8 Å². The van der Waals surface area contributed by atoms with Crippen LogP contribution in [0.2, 0.25) is 0 Å². The summed E-state index contributed by atoms with van der Waals surface area (Å²) >= 11 is 0.957. The zero-order valence-corrected chi connectivity index (χ0v) is 11.4. The third-order valence-electron chi connectivity index (χ3n) is 2.65. The van der Waals surface area contributed by atoms with Crippen LogP contribution in [-0.4, -0.2) is 36.7 Å². The number of benzene rings is 1. The molecule has 0 aliphatic rings. The molecule has 8 heteroatoms. The van der Waals surface area contributed by atoms with Gasteiger partial charge in [-0.2, -0.15) is 0 Å². The van der Waals surface area contributed by atoms with E-state index in [0.29, 0.717) is 16.4 Å². The summed E-state index contributed by atoms with van der Waals surface area (Å²) in [6.07, 6.45) is 0. The molecule has 0 saturated carbocycles. The van der Waals surface area contributed by atoms with Crippen LogP contribution in [0, 0.1) is 12.7 Å². The second-order valence-corrected chi connectivity index (χ2v) is 4.90. The predicted octanol–water partition coefficient (Wildman–Crippen LogP) is 1.38. The van der Waals surface area contributed by atoms with Crippen LogP contribution in [0.3, 0.4) is 0 Å². The van der Waals surface area contributed by atoms with E-state index < -0.39 is 11.8 Å². The molecular weight excluding hydrogens is 285 g/mol. The lowest BCUT2D eigenvalue weighted by atomic mass is 10.2. The van der Waals surface area contributed by atoms with Crippen molar-refractivity contribution in [2.24, 2.45) is 0 Å². The Hall–Kier alpha value is -1.93. The maximum absolute atomic E-state index is 13.6. The minimum atomic E-state index is -0.994. The number of hydrogen-bond acceptors (Lipinski definition) is 5. The molecule has 2 aromatic rings. The molecule has 0 aliphatic carbocycles. The second-order valence-electron chi connectivity index (χ2n) is 3.96. The number of halogens is 1. The molecule has 1 heterocycles. The van der Waals surface area contributed by atoms with E-state index in [-0.39, 0.29) is 18.2 Å². The van der Waals surface area contributed by atoms with Gasteiger partial charge in [0.05, 0.1) is 11.4 Å². The van der Waals surface area contributed by atoms with Crippen LogP contribution in [0.4, 0.5) is 4.39 Å². The van der Waals surface area contributed by atoms with Gasteiger partial charge in [0, 0.05) is 5.56 Å². The van der Waals surface area contributed by atoms with Gasteiger partial charge < -0.3 is 10.2 Å². The van der Waals surface area contributed by atoms with Gasteiger partial charge in [0.2, 0.25) is 0 Å². The number of carbonyl (C=O) groups is 1. The highest BCUT2D eigenvalue weighted by atomic mass is 32.2. The number of hydrogen-bond donors (Lipinski definition) is 2. The molecule has 0 spiro atoms. The minimum absolute atomic E-state index is 0.197. The Balaban J connectivity index is 2.50. The fourth-order valence-corrected chi connectivity index (χ4v) is 2.39. The lowest BCUT2D eigenvalue weighted by Crippen LogP contribution is -2.07. The number of nitrogens with zero attached hydrogens (tertiary/aromatic N) is 3. The van der Waals surface area contributed by atoms with Crippen molar-refractivity contribution in [2.75, 3.05) is 5.75 Å². The molecular formula is C12H12FN3O3S. The van der Waals surface area contributed by atoms with E-state index in [1.807, 2.05) is 0 Å². The van der Waals surface area contributed by atoms with Crippen molar-refractivity contribution in [1.29, 1.82) is 0 Å². The van der Waals surface area contributed by atoms with Gasteiger partial charge in [0.25, 0.3) is 0 Å². The average Bonchev–Trinajstić information content (AvgIpc) is 2.82. The summed E-state index contributed by atoms with van der Waals surface area (Å²) in [7, 11) is 0. The maximum Gasteiger partial charge on any atom is 0.313 e. The molecule has 0 bridgehead atoms. The quantitative estimate of drug-likeness (QED) is 0.811. The van der Waals surface area contributed by atoms with Crippen LogP contribution >= 0.6 is 11.8 Å². The number of carboxylic acid groups (broad SMARTS) is 1. The van der Waals surface area contributed by atoms with E-state index >= 15 is 0 Å². The Bertz CT molecular complexity index is 645. The molecule has 0 saturated heterocycles. The van der Waals surface area contributed by atoms with Crippen molar-refractivity contribution in [1.82, 2.24) is 14.8 Å². The summed E-state index contributed by atoms with van der Waals surface area (Å²) in [4.78, 5) is 10.6. The van der Waals surface area contributed by atoms with E-state index in [1.54, 1.807) is 13.0 Å². The van der Waals surface area contributed by atoms with Crippen molar-refractivity contribution < 1.29 is 19.4 Å². The molecule has 0 amide bonds. The topological polar surface area (TPSA) is 88.2 Å². The maximum atomic E-state index is 13.6. The minimum Gasteiger partial charge on any atom is -0.481 e. The first-order valence-corrected chi connectivity index (χ1v) is 6.68. The van der Waals surface area contributed by atoms with Crippen molar-refractivity contribution in [2.45, 2.75) is 18.7 Å². The summed E-state index contributed by atoms with van der Waals surface area (Å²) in [6.45, 7) is 1.22. The highest BCUT2D eigenvalue weighted by Gasteiger charge is 2.17. The highest BCUT2D eigenvalue weighted by molar-refractivity contribution is 7.99. The summed E-state index contributed by atoms with van der Waals surface area (Å²) in [5, 5.41) is 25.9. The van der Waals surface area contributed by atoms with Crippen molar-refractivity contribution in [3.63, 3.8) is 0 Å². The fourth-order valence-electron chi connectivity index (χ4n) is 1.70. The third-order valence-corrected chi connectivity index (χ3v) is 3.56. The van der Waals surface area contributed by atoms with Crippen LogP contribution < -0.4 is 0 Å². The molecule has 0 atom stereocenters. The zero-order chi connectivity index (χ0) is 14.7. The number of rotatable bonds is 5. The van der Waals surface area contributed by atoms with Gasteiger partial charge in [-0.3, -0.25) is 9.36 Å². The first-order valence-electron chi connectivity index (χ1n) is 5.69. The Morgan fingerprint density at radius 1 is 1.45 bits per heavy atom. The molecule has 6 nitrogen and oxygen atoms in total. The summed E-state index contributed by atoms with van der Waals surface area (Å²) in [6, 6.07) is 4.52. The lowest BCUT2D eigenvalue weighted by molar-refractivity contribution is -0.133. The van der Waals surface area contributed by atoms with Gasteiger partial charge in [-0.25, -0.2) is 4.39 Å². The SMILES string of the molecule is Cc1c(F)cccc1-n1c(CO)nnc1SCC(=O)O. The predicted molar refractivity (Wildman–Crippen MR) is 70.3 cm³/mol. The average molecular weight is 297 g/mol. The molecule has 0 unspecified atom stereocenters. The van der Waals surface area contributed by atoms with Crippen LogP contribution in [0.15, 0.2) is 23.4 Å². The Labute approximate surface area is 118 Å². The van der Waals surface area contributed by atoms with E-state index in [9.17, 15) is 14.3 Å². The van der Waals surface area contributed by atoms with Crippen LogP contribution in [0.25, 0.3) is 5.69 Å². The molecule has 2 rings (SSSR count). The fraction of sp³-hybridized carbons (Fsp3) is 0.250. The van der Waals surface area contributed by atoms with Crippen molar-refractivity contribution in [3.05, 3.63) is 35.4 Å². The van der Waals surface area contributed by atoms with E-state index in [0.717, 1.165) is 11.8 Å². The zero-order valence-electron chi connectivity index (χ0n) is 10.6. The number of aliphatic hydroxyl groups is 1. The largest absolute Gasteiger partial charge is 0.481 e. The monoisotopic (exact) mass is 297 g/mol. The molecule has 0 aliphatic heterocycles. The molecule has 106 valence electrons. The summed E-state index contributed by atoms with van der Waals surface area (Å²) < 4.78 is 15.1. The molecule has 0 radical (unpaired) electrons. The summed E-state index contributed by atoms with van der Waals surface area (Å²) in [5.41, 5.74) is 0.853. The smallest absolute Gasteiger partial charge is 0.313 e. The Morgan fingerprint density at radius 2 is 2.20 bits per heavy atom. The van der Waals surface area contributed by atoms with Gasteiger partial charge in [-0.05, 0) is 19.1 Å². The second kappa shape index (κ2) is 6.02. The van der Waals surface area contributed by atoms with Crippen LogP contribution in [0.5, 0.6) is 0 Å². The molecule has 1 aromatic carbocycles. The van der Waals surface area contributed by atoms with Gasteiger partial charge >= 0.3 is 5.97 Å². The van der Waals surface area contributed by atoms with E-state index in [4.69, 9.17) is 5.11 Å². The number of thioether (sulfide) groups is 1. The number of aliphatic hydroxyl groups excluding tert-OH is 1. The lowest BCUT2D eigenvalue weighted by Gasteiger charge is -2.11. The third kappa shape index (κ3) is 2.81. The van der Waals surface area contributed by atoms with Crippen LogP contribution in [-0.2, 0) is 11.4 Å². The van der Waals surface area contributed by atoms with E-state index in [2.05, 4.69) is 10.2 Å². The molecule has 0 fully saturated rings. The van der Waals surface area contributed by atoms with E-state index in [1.165, 1.54) is 16.7 Å². The van der Waals surface area contributed by atoms with Crippen molar-refractivity contribution >= 4 is 17.7 Å². The van der Waals surface area contributed by atoms with Gasteiger partial charge in [0.15, 0.2) is 11.0 Å². The van der Waals surface area contributed by atoms with Gasteiger partial charge in [-0.15, -0.1) is 10.2 Å². The highest BCUT2D eigenvalue weighted by Crippen LogP contribution is 2.25. The molecule has 1 aromatic heterocycles. The standard InChI is InChI=1S/C12H12FN3O3S/c1-7-8(13)3-2-4-9(7)16-10(5-17)14-15-12(16)20-6-11(18)19/h2-4,17H,5-6H2,1H3,(H,18,19). The first-order chi connectivity index (χ1) is 9.54. The van der Waals surface area contributed by atoms with Crippen molar-refractivity contribution in [3.8, 4) is 5.69 Å². The number of aromatic nitrogens is 3.